The molecule has 0 radical (unpaired) electrons. The van der Waals surface area contributed by atoms with Gasteiger partial charge in [0.15, 0.2) is 5.84 Å². The summed E-state index contributed by atoms with van der Waals surface area (Å²) in [6.07, 6.45) is 1.56. The lowest BCUT2D eigenvalue weighted by Crippen LogP contribution is -2.23. The predicted molar refractivity (Wildman–Crippen MR) is 80.0 cm³/mol. The first-order valence-electron chi connectivity index (χ1n) is 6.45. The van der Waals surface area contributed by atoms with Crippen LogP contribution in [0.5, 0.6) is 0 Å². The molecule has 1 aromatic carbocycles. The van der Waals surface area contributed by atoms with E-state index in [1.165, 1.54) is 6.07 Å². The summed E-state index contributed by atoms with van der Waals surface area (Å²) in [7, 11) is 1.85. The SMILES string of the molecule is CC(c1ccccc1F)N(C)c1ccnc(C(N)=NO)c1. The molecule has 110 valence electrons. The monoisotopic (exact) mass is 288 g/mol. The number of hydrogen-bond acceptors (Lipinski definition) is 4. The zero-order chi connectivity index (χ0) is 15.4. The molecule has 6 heteroatoms. The van der Waals surface area contributed by atoms with Gasteiger partial charge in [-0.1, -0.05) is 23.4 Å². The van der Waals surface area contributed by atoms with Gasteiger partial charge in [-0.3, -0.25) is 4.98 Å². The number of rotatable bonds is 4. The van der Waals surface area contributed by atoms with E-state index in [-0.39, 0.29) is 17.7 Å². The molecule has 0 bridgehead atoms. The molecule has 0 saturated heterocycles. The molecule has 1 heterocycles. The normalized spacial score (nSPS) is 13.0. The second kappa shape index (κ2) is 6.21. The van der Waals surface area contributed by atoms with Crippen LogP contribution in [-0.2, 0) is 0 Å². The summed E-state index contributed by atoms with van der Waals surface area (Å²) in [5.74, 6) is -0.314. The first kappa shape index (κ1) is 14.8. The van der Waals surface area contributed by atoms with Crippen LogP contribution in [0.2, 0.25) is 0 Å². The quantitative estimate of drug-likeness (QED) is 0.392. The number of halogens is 1. The maximum atomic E-state index is 13.9. The predicted octanol–water partition coefficient (Wildman–Crippen LogP) is 2.51. The van der Waals surface area contributed by atoms with Crippen LogP contribution < -0.4 is 10.6 Å². The highest BCUT2D eigenvalue weighted by Gasteiger charge is 2.16. The van der Waals surface area contributed by atoms with Gasteiger partial charge in [-0.25, -0.2) is 4.39 Å². The number of benzene rings is 1. The van der Waals surface area contributed by atoms with E-state index in [4.69, 9.17) is 10.9 Å². The van der Waals surface area contributed by atoms with Gasteiger partial charge in [-0.2, -0.15) is 0 Å². The number of anilines is 1. The molecule has 2 aromatic rings. The minimum absolute atomic E-state index is 0.0659. The third-order valence-corrected chi connectivity index (χ3v) is 3.46. The summed E-state index contributed by atoms with van der Waals surface area (Å²) in [5, 5.41) is 11.6. The number of aromatic nitrogens is 1. The lowest BCUT2D eigenvalue weighted by atomic mass is 10.1. The lowest BCUT2D eigenvalue weighted by Gasteiger charge is -2.27. The Morgan fingerprint density at radius 2 is 2.10 bits per heavy atom. The number of hydrogen-bond donors (Lipinski definition) is 2. The average Bonchev–Trinajstić information content (AvgIpc) is 2.53. The van der Waals surface area contributed by atoms with Gasteiger partial charge in [0.2, 0.25) is 0 Å². The van der Waals surface area contributed by atoms with Crippen molar-refractivity contribution in [2.24, 2.45) is 10.9 Å². The maximum absolute atomic E-state index is 13.9. The molecule has 0 spiro atoms. The minimum Gasteiger partial charge on any atom is -0.409 e. The highest BCUT2D eigenvalue weighted by Crippen LogP contribution is 2.26. The van der Waals surface area contributed by atoms with Crippen LogP contribution in [0.25, 0.3) is 0 Å². The van der Waals surface area contributed by atoms with E-state index in [1.54, 1.807) is 36.5 Å². The number of pyridine rings is 1. The first-order chi connectivity index (χ1) is 10.0. The van der Waals surface area contributed by atoms with Crippen LogP contribution in [0.3, 0.4) is 0 Å². The molecular formula is C15H17FN4O. The van der Waals surface area contributed by atoms with Gasteiger partial charge < -0.3 is 15.8 Å². The number of nitrogens with zero attached hydrogens (tertiary/aromatic N) is 3. The Kier molecular flexibility index (Phi) is 4.37. The van der Waals surface area contributed by atoms with Crippen molar-refractivity contribution in [3.8, 4) is 0 Å². The fourth-order valence-electron chi connectivity index (χ4n) is 2.08. The van der Waals surface area contributed by atoms with Crippen molar-refractivity contribution in [1.82, 2.24) is 4.98 Å². The highest BCUT2D eigenvalue weighted by molar-refractivity contribution is 5.95. The van der Waals surface area contributed by atoms with Gasteiger partial charge in [0.05, 0.1) is 6.04 Å². The second-order valence-electron chi connectivity index (χ2n) is 4.69. The molecule has 1 unspecified atom stereocenters. The largest absolute Gasteiger partial charge is 0.409 e. The van der Waals surface area contributed by atoms with Gasteiger partial charge in [-0.15, -0.1) is 0 Å². The van der Waals surface area contributed by atoms with Crippen LogP contribution >= 0.6 is 0 Å². The summed E-state index contributed by atoms with van der Waals surface area (Å²) in [6, 6.07) is 9.95. The molecule has 1 aromatic heterocycles. The minimum atomic E-state index is -0.248. The molecule has 0 aliphatic carbocycles. The van der Waals surface area contributed by atoms with Crippen molar-refractivity contribution >= 4 is 11.5 Å². The molecular weight excluding hydrogens is 271 g/mol. The molecule has 5 nitrogen and oxygen atoms in total. The Hall–Kier alpha value is -2.63. The molecule has 2 rings (SSSR count). The Labute approximate surface area is 122 Å². The third-order valence-electron chi connectivity index (χ3n) is 3.46. The van der Waals surface area contributed by atoms with Crippen LogP contribution in [0.15, 0.2) is 47.8 Å². The fourth-order valence-corrected chi connectivity index (χ4v) is 2.08. The third kappa shape index (κ3) is 3.10. The van der Waals surface area contributed by atoms with Gasteiger partial charge in [-0.05, 0) is 25.1 Å². The lowest BCUT2D eigenvalue weighted by molar-refractivity contribution is 0.318. The van der Waals surface area contributed by atoms with Crippen LogP contribution in [-0.4, -0.2) is 23.1 Å². The smallest absolute Gasteiger partial charge is 0.188 e. The van der Waals surface area contributed by atoms with E-state index in [9.17, 15) is 4.39 Å². The Bertz CT molecular complexity index is 660. The van der Waals surface area contributed by atoms with Crippen molar-refractivity contribution < 1.29 is 9.60 Å². The molecule has 0 saturated carbocycles. The summed E-state index contributed by atoms with van der Waals surface area (Å²) < 4.78 is 13.9. The van der Waals surface area contributed by atoms with E-state index in [0.29, 0.717) is 11.3 Å². The average molecular weight is 288 g/mol. The molecule has 21 heavy (non-hydrogen) atoms. The number of oxime groups is 1. The zero-order valence-corrected chi connectivity index (χ0v) is 11.9. The van der Waals surface area contributed by atoms with E-state index < -0.39 is 0 Å². The van der Waals surface area contributed by atoms with Crippen LogP contribution in [0.1, 0.15) is 24.2 Å². The van der Waals surface area contributed by atoms with Crippen LogP contribution in [0, 0.1) is 5.82 Å². The van der Waals surface area contributed by atoms with E-state index >= 15 is 0 Å². The molecule has 1 atom stereocenters. The van der Waals surface area contributed by atoms with Gasteiger partial charge in [0.25, 0.3) is 0 Å². The molecule has 0 fully saturated rings. The van der Waals surface area contributed by atoms with Crippen molar-refractivity contribution in [3.63, 3.8) is 0 Å². The van der Waals surface area contributed by atoms with Gasteiger partial charge >= 0.3 is 0 Å². The molecule has 0 amide bonds. The van der Waals surface area contributed by atoms with E-state index in [0.717, 1.165) is 5.69 Å². The van der Waals surface area contributed by atoms with Gasteiger partial charge in [0.1, 0.15) is 11.5 Å². The number of nitrogens with two attached hydrogens (primary N) is 1. The first-order valence-corrected chi connectivity index (χ1v) is 6.45. The highest BCUT2D eigenvalue weighted by atomic mass is 19.1. The number of amidine groups is 1. The topological polar surface area (TPSA) is 74.7 Å². The summed E-state index contributed by atoms with van der Waals surface area (Å²) >= 11 is 0. The Balaban J connectivity index is 2.32. The zero-order valence-electron chi connectivity index (χ0n) is 11.9. The van der Waals surface area contributed by atoms with Gasteiger partial charge in [0, 0.05) is 24.5 Å². The summed E-state index contributed by atoms with van der Waals surface area (Å²) in [4.78, 5) is 5.92. The second-order valence-corrected chi connectivity index (χ2v) is 4.69. The van der Waals surface area contributed by atoms with Crippen LogP contribution in [0.4, 0.5) is 10.1 Å². The molecule has 3 N–H and O–H groups in total. The fraction of sp³-hybridized carbons (Fsp3) is 0.200. The molecule has 0 aliphatic heterocycles. The molecule has 0 aliphatic rings. The van der Waals surface area contributed by atoms with Crippen molar-refractivity contribution in [2.45, 2.75) is 13.0 Å². The van der Waals surface area contributed by atoms with Crippen molar-refractivity contribution in [1.29, 1.82) is 0 Å². The van der Waals surface area contributed by atoms with E-state index in [2.05, 4.69) is 10.1 Å². The van der Waals surface area contributed by atoms with Crippen molar-refractivity contribution in [2.75, 3.05) is 11.9 Å². The standard InChI is InChI=1S/C15H17FN4O/c1-10(12-5-3-4-6-13(12)16)20(2)11-7-8-18-14(9-11)15(17)19-21/h3-10,21H,1-2H3,(H2,17,19). The van der Waals surface area contributed by atoms with E-state index in [1.807, 2.05) is 18.9 Å². The Morgan fingerprint density at radius 1 is 1.38 bits per heavy atom. The van der Waals surface area contributed by atoms with Crippen molar-refractivity contribution in [3.05, 3.63) is 59.7 Å². The Morgan fingerprint density at radius 3 is 2.76 bits per heavy atom. The maximum Gasteiger partial charge on any atom is 0.188 e. The summed E-state index contributed by atoms with van der Waals surface area (Å²) in [6.45, 7) is 1.90. The summed E-state index contributed by atoms with van der Waals surface area (Å²) in [5.41, 5.74) is 7.29.